The van der Waals surface area contributed by atoms with E-state index in [-0.39, 0.29) is 22.8 Å². The summed E-state index contributed by atoms with van der Waals surface area (Å²) in [4.78, 5) is 12.3. The maximum atomic E-state index is 12.3. The first kappa shape index (κ1) is 13.7. The fraction of sp³-hybridized carbons (Fsp3) is 0.533. The van der Waals surface area contributed by atoms with Crippen molar-refractivity contribution in [2.75, 3.05) is 7.11 Å². The zero-order valence-electron chi connectivity index (χ0n) is 11.5. The molecule has 1 saturated carbocycles. The molecule has 1 fully saturated rings. The van der Waals surface area contributed by atoms with Crippen molar-refractivity contribution in [3.8, 4) is 11.5 Å². The SMILES string of the molecule is COc1cccc(C(=O)NC2(C)CCCCC2)c1O. The number of ether oxygens (including phenoxy) is 1. The monoisotopic (exact) mass is 263 g/mol. The van der Waals surface area contributed by atoms with Crippen LogP contribution in [-0.4, -0.2) is 23.7 Å². The molecule has 0 unspecified atom stereocenters. The van der Waals surface area contributed by atoms with E-state index in [1.165, 1.54) is 13.5 Å². The summed E-state index contributed by atoms with van der Waals surface area (Å²) in [5.74, 6) is -0.0100. The topological polar surface area (TPSA) is 58.6 Å². The smallest absolute Gasteiger partial charge is 0.255 e. The number of hydrogen-bond acceptors (Lipinski definition) is 3. The molecule has 0 heterocycles. The highest BCUT2D eigenvalue weighted by Crippen LogP contribution is 2.31. The van der Waals surface area contributed by atoms with Gasteiger partial charge >= 0.3 is 0 Å². The second-order valence-electron chi connectivity index (χ2n) is 5.43. The van der Waals surface area contributed by atoms with Crippen LogP contribution >= 0.6 is 0 Å². The number of phenols is 1. The Balaban J connectivity index is 2.16. The number of carbonyl (C=O) groups excluding carboxylic acids is 1. The number of para-hydroxylation sites is 1. The minimum absolute atomic E-state index is 0.0955. The minimum atomic E-state index is -0.235. The van der Waals surface area contributed by atoms with Crippen LogP contribution in [0.5, 0.6) is 11.5 Å². The maximum absolute atomic E-state index is 12.3. The molecule has 0 atom stereocenters. The van der Waals surface area contributed by atoms with Gasteiger partial charge in [-0.15, -0.1) is 0 Å². The number of amides is 1. The van der Waals surface area contributed by atoms with Crippen molar-refractivity contribution in [1.82, 2.24) is 5.32 Å². The first-order valence-electron chi connectivity index (χ1n) is 6.74. The molecule has 19 heavy (non-hydrogen) atoms. The van der Waals surface area contributed by atoms with Crippen LogP contribution in [0.3, 0.4) is 0 Å². The van der Waals surface area contributed by atoms with Crippen LogP contribution in [0.4, 0.5) is 0 Å². The Bertz CT molecular complexity index is 464. The van der Waals surface area contributed by atoms with Crippen LogP contribution in [0, 0.1) is 0 Å². The number of aromatic hydroxyl groups is 1. The number of benzene rings is 1. The summed E-state index contributed by atoms with van der Waals surface area (Å²) in [6.07, 6.45) is 5.49. The Hall–Kier alpha value is -1.71. The molecule has 1 aliphatic carbocycles. The molecule has 0 aliphatic heterocycles. The van der Waals surface area contributed by atoms with E-state index in [0.717, 1.165) is 25.7 Å². The number of phenolic OH excluding ortho intramolecular Hbond substituents is 1. The van der Waals surface area contributed by atoms with Crippen molar-refractivity contribution >= 4 is 5.91 Å². The van der Waals surface area contributed by atoms with Crippen molar-refractivity contribution < 1.29 is 14.6 Å². The average Bonchev–Trinajstić information content (AvgIpc) is 2.39. The highest BCUT2D eigenvalue weighted by atomic mass is 16.5. The third kappa shape index (κ3) is 3.00. The van der Waals surface area contributed by atoms with Gasteiger partial charge in [0, 0.05) is 5.54 Å². The van der Waals surface area contributed by atoms with Gasteiger partial charge in [-0.05, 0) is 31.9 Å². The van der Waals surface area contributed by atoms with E-state index in [4.69, 9.17) is 4.74 Å². The summed E-state index contributed by atoms with van der Waals surface area (Å²) >= 11 is 0. The Labute approximate surface area is 113 Å². The third-order valence-electron chi connectivity index (χ3n) is 3.84. The van der Waals surface area contributed by atoms with Gasteiger partial charge in [-0.1, -0.05) is 25.3 Å². The predicted molar refractivity (Wildman–Crippen MR) is 73.6 cm³/mol. The van der Waals surface area contributed by atoms with E-state index in [1.54, 1.807) is 18.2 Å². The molecule has 0 aromatic heterocycles. The molecule has 0 radical (unpaired) electrons. The molecule has 4 heteroatoms. The number of nitrogens with one attached hydrogen (secondary N) is 1. The summed E-state index contributed by atoms with van der Waals surface area (Å²) in [6.45, 7) is 2.07. The summed E-state index contributed by atoms with van der Waals surface area (Å²) in [5, 5.41) is 13.0. The number of hydrogen-bond donors (Lipinski definition) is 2. The minimum Gasteiger partial charge on any atom is -0.504 e. The van der Waals surface area contributed by atoms with E-state index in [9.17, 15) is 9.90 Å². The van der Waals surface area contributed by atoms with Crippen LogP contribution in [-0.2, 0) is 0 Å². The first-order chi connectivity index (χ1) is 9.06. The normalized spacial score (nSPS) is 17.8. The van der Waals surface area contributed by atoms with Gasteiger partial charge in [0.25, 0.3) is 5.91 Å². The zero-order valence-corrected chi connectivity index (χ0v) is 11.5. The largest absolute Gasteiger partial charge is 0.504 e. The van der Waals surface area contributed by atoms with Crippen LogP contribution in [0.25, 0.3) is 0 Å². The molecule has 1 amide bonds. The molecule has 0 bridgehead atoms. The van der Waals surface area contributed by atoms with Crippen molar-refractivity contribution in [2.45, 2.75) is 44.6 Å². The van der Waals surface area contributed by atoms with Gasteiger partial charge in [-0.3, -0.25) is 4.79 Å². The molecular formula is C15H21NO3. The second kappa shape index (κ2) is 5.51. The van der Waals surface area contributed by atoms with Gasteiger partial charge in [-0.2, -0.15) is 0 Å². The van der Waals surface area contributed by atoms with Gasteiger partial charge in [0.1, 0.15) is 0 Å². The standard InChI is InChI=1S/C15H21NO3/c1-15(9-4-3-5-10-15)16-14(18)11-7-6-8-12(19-2)13(11)17/h6-8,17H,3-5,9-10H2,1-2H3,(H,16,18). The lowest BCUT2D eigenvalue weighted by molar-refractivity contribution is 0.0879. The quantitative estimate of drug-likeness (QED) is 0.881. The van der Waals surface area contributed by atoms with E-state index >= 15 is 0 Å². The van der Waals surface area contributed by atoms with Crippen LogP contribution in [0.2, 0.25) is 0 Å². The molecule has 2 rings (SSSR count). The van der Waals surface area contributed by atoms with Crippen molar-refractivity contribution in [3.05, 3.63) is 23.8 Å². The molecule has 1 aromatic carbocycles. The fourth-order valence-corrected chi connectivity index (χ4v) is 2.67. The predicted octanol–water partition coefficient (Wildman–Crippen LogP) is 2.85. The summed E-state index contributed by atoms with van der Waals surface area (Å²) < 4.78 is 5.02. The molecule has 0 saturated heterocycles. The van der Waals surface area contributed by atoms with Gasteiger partial charge < -0.3 is 15.2 Å². The van der Waals surface area contributed by atoms with Gasteiger partial charge in [-0.25, -0.2) is 0 Å². The highest BCUT2D eigenvalue weighted by molar-refractivity contribution is 5.98. The van der Waals surface area contributed by atoms with Crippen LogP contribution in [0.15, 0.2) is 18.2 Å². The second-order valence-corrected chi connectivity index (χ2v) is 5.43. The molecular weight excluding hydrogens is 242 g/mol. The summed E-state index contributed by atoms with van der Waals surface area (Å²) in [5.41, 5.74) is 0.108. The highest BCUT2D eigenvalue weighted by Gasteiger charge is 2.29. The van der Waals surface area contributed by atoms with Crippen molar-refractivity contribution in [2.24, 2.45) is 0 Å². The molecule has 104 valence electrons. The summed E-state index contributed by atoms with van der Waals surface area (Å²) in [6, 6.07) is 4.95. The lowest BCUT2D eigenvalue weighted by Gasteiger charge is -2.34. The van der Waals surface area contributed by atoms with E-state index in [2.05, 4.69) is 12.2 Å². The fourth-order valence-electron chi connectivity index (χ4n) is 2.67. The zero-order chi connectivity index (χ0) is 13.9. The number of carbonyl (C=O) groups is 1. The van der Waals surface area contributed by atoms with Gasteiger partial charge in [0.15, 0.2) is 11.5 Å². The third-order valence-corrected chi connectivity index (χ3v) is 3.84. The molecule has 2 N–H and O–H groups in total. The number of methoxy groups -OCH3 is 1. The lowest BCUT2D eigenvalue weighted by Crippen LogP contribution is -2.47. The molecule has 0 spiro atoms. The average molecular weight is 263 g/mol. The van der Waals surface area contributed by atoms with Crippen LogP contribution < -0.4 is 10.1 Å². The molecule has 4 nitrogen and oxygen atoms in total. The first-order valence-corrected chi connectivity index (χ1v) is 6.74. The lowest BCUT2D eigenvalue weighted by atomic mass is 9.83. The number of rotatable bonds is 3. The van der Waals surface area contributed by atoms with Crippen molar-refractivity contribution in [1.29, 1.82) is 0 Å². The summed E-state index contributed by atoms with van der Waals surface area (Å²) in [7, 11) is 1.47. The van der Waals surface area contributed by atoms with Crippen molar-refractivity contribution in [3.63, 3.8) is 0 Å². The molecule has 1 aromatic rings. The Morgan fingerprint density at radius 1 is 1.32 bits per heavy atom. The van der Waals surface area contributed by atoms with E-state index in [0.29, 0.717) is 5.75 Å². The Morgan fingerprint density at radius 3 is 2.63 bits per heavy atom. The maximum Gasteiger partial charge on any atom is 0.255 e. The Morgan fingerprint density at radius 2 is 2.00 bits per heavy atom. The van der Waals surface area contributed by atoms with Gasteiger partial charge in [0.2, 0.25) is 0 Å². The van der Waals surface area contributed by atoms with Crippen LogP contribution in [0.1, 0.15) is 49.4 Å². The molecule has 1 aliphatic rings. The Kier molecular flexibility index (Phi) is 3.98. The van der Waals surface area contributed by atoms with E-state index in [1.807, 2.05) is 0 Å². The van der Waals surface area contributed by atoms with Gasteiger partial charge in [0.05, 0.1) is 12.7 Å². The van der Waals surface area contributed by atoms with E-state index < -0.39 is 0 Å².